The molecule has 0 bridgehead atoms. The molecule has 1 aliphatic heterocycles. The molecule has 21 heavy (non-hydrogen) atoms. The maximum Gasteiger partial charge on any atom is 0.250 e. The Bertz CT molecular complexity index is 478. The Morgan fingerprint density at radius 2 is 2.19 bits per heavy atom. The first-order valence-electron chi connectivity index (χ1n) is 7.55. The summed E-state index contributed by atoms with van der Waals surface area (Å²) in [6, 6.07) is 4.14. The van der Waals surface area contributed by atoms with Crippen LogP contribution in [0.15, 0.2) is 24.5 Å². The monoisotopic (exact) mass is 290 g/mol. The summed E-state index contributed by atoms with van der Waals surface area (Å²) in [5, 5.41) is 2.97. The third kappa shape index (κ3) is 4.00. The quantitative estimate of drug-likeness (QED) is 0.725. The molecule has 1 aromatic heterocycles. The normalized spacial score (nSPS) is 26.5. The van der Waals surface area contributed by atoms with E-state index in [2.05, 4.69) is 21.2 Å². The van der Waals surface area contributed by atoms with E-state index in [9.17, 15) is 4.79 Å². The number of amides is 1. The minimum absolute atomic E-state index is 0.0645. The van der Waals surface area contributed by atoms with E-state index in [0.29, 0.717) is 12.5 Å². The van der Waals surface area contributed by atoms with Crippen LogP contribution < -0.4 is 16.2 Å². The van der Waals surface area contributed by atoms with Crippen molar-refractivity contribution in [2.24, 2.45) is 5.92 Å². The molecule has 0 radical (unpaired) electrons. The maximum atomic E-state index is 12.1. The zero-order valence-electron chi connectivity index (χ0n) is 12.2. The molecule has 1 aromatic rings. The van der Waals surface area contributed by atoms with E-state index in [1.54, 1.807) is 19.3 Å². The number of hydrogen-bond acceptors (Lipinski definition) is 5. The molecule has 114 valence electrons. The standard InChI is InChI=1S/C15H22N4O2/c1-10(21-9-11-2-3-11)15(20)17-14-8-13(18-19-14)12-4-6-16-7-5-12/h4-7,10-11,13-14,18-19H,2-3,8-9H2,1H3,(H,17,20). The van der Waals surface area contributed by atoms with Crippen molar-refractivity contribution in [3.8, 4) is 0 Å². The molecule has 2 aliphatic rings. The van der Waals surface area contributed by atoms with Crippen LogP contribution in [0.2, 0.25) is 0 Å². The topological polar surface area (TPSA) is 75.3 Å². The van der Waals surface area contributed by atoms with Crippen LogP contribution in [0.5, 0.6) is 0 Å². The molecule has 2 heterocycles. The van der Waals surface area contributed by atoms with Crippen molar-refractivity contribution in [2.45, 2.75) is 44.5 Å². The fraction of sp³-hybridized carbons (Fsp3) is 0.600. The summed E-state index contributed by atoms with van der Waals surface area (Å²) in [5.74, 6) is 0.605. The fourth-order valence-corrected chi connectivity index (χ4v) is 2.39. The van der Waals surface area contributed by atoms with E-state index < -0.39 is 6.10 Å². The molecule has 0 spiro atoms. The predicted molar refractivity (Wildman–Crippen MR) is 77.9 cm³/mol. The fourth-order valence-electron chi connectivity index (χ4n) is 2.39. The zero-order valence-corrected chi connectivity index (χ0v) is 12.2. The van der Waals surface area contributed by atoms with Crippen LogP contribution in [0.1, 0.15) is 37.8 Å². The van der Waals surface area contributed by atoms with Gasteiger partial charge in [-0.1, -0.05) is 0 Å². The molecule has 1 aliphatic carbocycles. The highest BCUT2D eigenvalue weighted by Gasteiger charge is 2.28. The molecule has 3 unspecified atom stereocenters. The smallest absolute Gasteiger partial charge is 0.250 e. The molecular weight excluding hydrogens is 268 g/mol. The number of carbonyl (C=O) groups excluding carboxylic acids is 1. The van der Waals surface area contributed by atoms with Crippen LogP contribution in [0.25, 0.3) is 0 Å². The number of rotatable bonds is 6. The first-order valence-corrected chi connectivity index (χ1v) is 7.55. The largest absolute Gasteiger partial charge is 0.368 e. The van der Waals surface area contributed by atoms with E-state index in [1.807, 2.05) is 12.1 Å². The van der Waals surface area contributed by atoms with E-state index in [4.69, 9.17) is 4.74 Å². The second-order valence-electron chi connectivity index (χ2n) is 5.84. The van der Waals surface area contributed by atoms with Gasteiger partial charge in [0.05, 0.1) is 12.8 Å². The number of nitrogens with one attached hydrogen (secondary N) is 3. The zero-order chi connectivity index (χ0) is 14.7. The lowest BCUT2D eigenvalue weighted by atomic mass is 10.1. The van der Waals surface area contributed by atoms with E-state index in [1.165, 1.54) is 12.8 Å². The average molecular weight is 290 g/mol. The molecular formula is C15H22N4O2. The van der Waals surface area contributed by atoms with Crippen LogP contribution in [0.3, 0.4) is 0 Å². The van der Waals surface area contributed by atoms with Crippen LogP contribution in [0.4, 0.5) is 0 Å². The van der Waals surface area contributed by atoms with Gasteiger partial charge in [0.2, 0.25) is 5.91 Å². The van der Waals surface area contributed by atoms with Gasteiger partial charge in [0.15, 0.2) is 0 Å². The lowest BCUT2D eigenvalue weighted by Crippen LogP contribution is -2.47. The highest BCUT2D eigenvalue weighted by molar-refractivity contribution is 5.80. The Hall–Kier alpha value is -1.50. The van der Waals surface area contributed by atoms with Gasteiger partial charge in [-0.3, -0.25) is 9.78 Å². The van der Waals surface area contributed by atoms with Gasteiger partial charge in [-0.2, -0.15) is 0 Å². The first-order chi connectivity index (χ1) is 10.2. The summed E-state index contributed by atoms with van der Waals surface area (Å²) < 4.78 is 5.58. The lowest BCUT2D eigenvalue weighted by molar-refractivity contribution is -0.132. The van der Waals surface area contributed by atoms with Crippen LogP contribution in [0, 0.1) is 5.92 Å². The van der Waals surface area contributed by atoms with E-state index >= 15 is 0 Å². The summed E-state index contributed by atoms with van der Waals surface area (Å²) in [6.07, 6.45) is 6.33. The third-order valence-electron chi connectivity index (χ3n) is 3.98. The van der Waals surface area contributed by atoms with Crippen molar-refractivity contribution in [3.05, 3.63) is 30.1 Å². The molecule has 0 aromatic carbocycles. The van der Waals surface area contributed by atoms with Gasteiger partial charge in [0, 0.05) is 24.9 Å². The third-order valence-corrected chi connectivity index (χ3v) is 3.98. The van der Waals surface area contributed by atoms with Crippen molar-refractivity contribution < 1.29 is 9.53 Å². The van der Waals surface area contributed by atoms with E-state index in [-0.39, 0.29) is 18.1 Å². The molecule has 3 N–H and O–H groups in total. The van der Waals surface area contributed by atoms with Crippen molar-refractivity contribution in [1.29, 1.82) is 0 Å². The van der Waals surface area contributed by atoms with Crippen molar-refractivity contribution in [3.63, 3.8) is 0 Å². The molecule has 1 saturated heterocycles. The number of hydrazine groups is 1. The number of hydrogen-bond donors (Lipinski definition) is 3. The summed E-state index contributed by atoms with van der Waals surface area (Å²) >= 11 is 0. The van der Waals surface area contributed by atoms with Crippen LogP contribution in [-0.4, -0.2) is 29.8 Å². The number of carbonyl (C=O) groups is 1. The van der Waals surface area contributed by atoms with Gasteiger partial charge >= 0.3 is 0 Å². The molecule has 6 heteroatoms. The Morgan fingerprint density at radius 3 is 2.90 bits per heavy atom. The average Bonchev–Trinajstić information content (AvgIpc) is 3.23. The van der Waals surface area contributed by atoms with Gasteiger partial charge in [-0.25, -0.2) is 10.9 Å². The van der Waals surface area contributed by atoms with Crippen molar-refractivity contribution in [1.82, 2.24) is 21.2 Å². The summed E-state index contributed by atoms with van der Waals surface area (Å²) in [7, 11) is 0. The molecule has 2 fully saturated rings. The maximum absolute atomic E-state index is 12.1. The minimum Gasteiger partial charge on any atom is -0.368 e. The van der Waals surface area contributed by atoms with Crippen molar-refractivity contribution in [2.75, 3.05) is 6.61 Å². The number of aromatic nitrogens is 1. The predicted octanol–water partition coefficient (Wildman–Crippen LogP) is 0.878. The summed E-state index contributed by atoms with van der Waals surface area (Å²) in [6.45, 7) is 2.50. The first kappa shape index (κ1) is 14.4. The number of ether oxygens (including phenoxy) is 1. The van der Waals surface area contributed by atoms with Crippen LogP contribution >= 0.6 is 0 Å². The van der Waals surface area contributed by atoms with Gasteiger partial charge in [0.1, 0.15) is 6.10 Å². The minimum atomic E-state index is -0.396. The van der Waals surface area contributed by atoms with Crippen LogP contribution in [-0.2, 0) is 9.53 Å². The molecule has 3 atom stereocenters. The SMILES string of the molecule is CC(OCC1CC1)C(=O)NC1CC(c2ccncc2)NN1. The molecule has 3 rings (SSSR count). The second-order valence-corrected chi connectivity index (χ2v) is 5.84. The lowest BCUT2D eigenvalue weighted by Gasteiger charge is -2.17. The molecule has 6 nitrogen and oxygen atoms in total. The Balaban J connectivity index is 1.44. The molecule has 1 amide bonds. The second kappa shape index (κ2) is 6.51. The van der Waals surface area contributed by atoms with Gasteiger partial charge in [-0.15, -0.1) is 0 Å². The summed E-state index contributed by atoms with van der Waals surface area (Å²) in [5.41, 5.74) is 7.46. The van der Waals surface area contributed by atoms with Crippen molar-refractivity contribution >= 4 is 5.91 Å². The van der Waals surface area contributed by atoms with Gasteiger partial charge in [-0.05, 0) is 43.4 Å². The van der Waals surface area contributed by atoms with E-state index in [0.717, 1.165) is 12.0 Å². The highest BCUT2D eigenvalue weighted by atomic mass is 16.5. The summed E-state index contributed by atoms with van der Waals surface area (Å²) in [4.78, 5) is 16.1. The Labute approximate surface area is 124 Å². The molecule has 1 saturated carbocycles. The van der Waals surface area contributed by atoms with Gasteiger partial charge in [0.25, 0.3) is 0 Å². The number of nitrogens with zero attached hydrogens (tertiary/aromatic N) is 1. The Morgan fingerprint density at radius 1 is 1.43 bits per heavy atom. The van der Waals surface area contributed by atoms with Gasteiger partial charge < -0.3 is 10.1 Å². The highest BCUT2D eigenvalue weighted by Crippen LogP contribution is 2.29. The number of pyridine rings is 1. The Kier molecular flexibility index (Phi) is 4.48.